The van der Waals surface area contributed by atoms with Crippen LogP contribution in [0.2, 0.25) is 5.02 Å². The van der Waals surface area contributed by atoms with Gasteiger partial charge in [0, 0.05) is 25.7 Å². The van der Waals surface area contributed by atoms with Gasteiger partial charge in [-0.3, -0.25) is 9.59 Å². The quantitative estimate of drug-likeness (QED) is 0.709. The highest BCUT2D eigenvalue weighted by molar-refractivity contribution is 6.33. The molecule has 0 aliphatic rings. The van der Waals surface area contributed by atoms with Gasteiger partial charge in [0.05, 0.1) is 17.1 Å². The first-order valence-electron chi connectivity index (χ1n) is 7.16. The van der Waals surface area contributed by atoms with Gasteiger partial charge in [-0.1, -0.05) is 18.5 Å². The number of anilines is 2. The molecular formula is C15H20ClN3O4. The number of amides is 3. The molecule has 0 fully saturated rings. The predicted octanol–water partition coefficient (Wildman–Crippen LogP) is 3.02. The molecule has 1 aromatic carbocycles. The first kappa shape index (κ1) is 18.8. The summed E-state index contributed by atoms with van der Waals surface area (Å²) in [5, 5.41) is 14.2. The Morgan fingerprint density at radius 2 is 1.91 bits per heavy atom. The maximum absolute atomic E-state index is 12.0. The van der Waals surface area contributed by atoms with E-state index in [1.807, 2.05) is 6.92 Å². The zero-order chi connectivity index (χ0) is 17.4. The Morgan fingerprint density at radius 3 is 2.52 bits per heavy atom. The summed E-state index contributed by atoms with van der Waals surface area (Å²) in [6.45, 7) is 1.98. The fraction of sp³-hybridized carbons (Fsp3) is 0.400. The second-order valence-electron chi connectivity index (χ2n) is 4.99. The number of carbonyl (C=O) groups is 3. The van der Waals surface area contributed by atoms with E-state index in [9.17, 15) is 14.4 Å². The standard InChI is InChI=1S/C15H20ClN3O4/c1-3-4-13(20)17-10-5-6-11(16)12(9-10)18-15(23)19(2)8-7-14(21)22/h5-6,9H,3-4,7-8H2,1-2H3,(H,17,20)(H,18,23)(H,21,22). The number of nitrogens with one attached hydrogen (secondary N) is 2. The minimum Gasteiger partial charge on any atom is -0.481 e. The van der Waals surface area contributed by atoms with Crippen LogP contribution >= 0.6 is 11.6 Å². The smallest absolute Gasteiger partial charge is 0.321 e. The molecule has 0 bridgehead atoms. The summed E-state index contributed by atoms with van der Waals surface area (Å²) in [7, 11) is 1.49. The van der Waals surface area contributed by atoms with Crippen LogP contribution in [-0.2, 0) is 9.59 Å². The van der Waals surface area contributed by atoms with E-state index in [-0.39, 0.29) is 18.9 Å². The van der Waals surface area contributed by atoms with Crippen LogP contribution < -0.4 is 10.6 Å². The van der Waals surface area contributed by atoms with E-state index in [1.54, 1.807) is 18.2 Å². The molecule has 0 atom stereocenters. The third kappa shape index (κ3) is 6.56. The first-order chi connectivity index (χ1) is 10.8. The van der Waals surface area contributed by atoms with Crippen molar-refractivity contribution in [1.82, 2.24) is 4.90 Å². The van der Waals surface area contributed by atoms with Crippen molar-refractivity contribution in [3.05, 3.63) is 23.2 Å². The molecule has 126 valence electrons. The number of urea groups is 1. The fourth-order valence-corrected chi connectivity index (χ4v) is 1.89. The molecule has 0 saturated carbocycles. The third-order valence-electron chi connectivity index (χ3n) is 2.98. The van der Waals surface area contributed by atoms with Gasteiger partial charge in [-0.2, -0.15) is 0 Å². The Labute approximate surface area is 139 Å². The van der Waals surface area contributed by atoms with Crippen molar-refractivity contribution in [2.45, 2.75) is 26.2 Å². The lowest BCUT2D eigenvalue weighted by Crippen LogP contribution is -2.33. The Balaban J connectivity index is 2.73. The van der Waals surface area contributed by atoms with E-state index in [0.717, 1.165) is 6.42 Å². The van der Waals surface area contributed by atoms with Crippen LogP contribution in [0.5, 0.6) is 0 Å². The van der Waals surface area contributed by atoms with E-state index in [1.165, 1.54) is 11.9 Å². The van der Waals surface area contributed by atoms with Gasteiger partial charge in [-0.25, -0.2) is 4.79 Å². The van der Waals surface area contributed by atoms with Crippen molar-refractivity contribution in [3.8, 4) is 0 Å². The number of carboxylic acids is 1. The fourth-order valence-electron chi connectivity index (χ4n) is 1.72. The molecule has 0 saturated heterocycles. The van der Waals surface area contributed by atoms with E-state index in [4.69, 9.17) is 16.7 Å². The largest absolute Gasteiger partial charge is 0.481 e. The van der Waals surface area contributed by atoms with Crippen LogP contribution in [-0.4, -0.2) is 41.5 Å². The summed E-state index contributed by atoms with van der Waals surface area (Å²) >= 11 is 6.03. The van der Waals surface area contributed by atoms with Crippen molar-refractivity contribution in [3.63, 3.8) is 0 Å². The van der Waals surface area contributed by atoms with Crippen LogP contribution in [0.1, 0.15) is 26.2 Å². The molecule has 0 aromatic heterocycles. The lowest BCUT2D eigenvalue weighted by molar-refractivity contribution is -0.137. The Kier molecular flexibility index (Phi) is 7.34. The number of nitrogens with zero attached hydrogens (tertiary/aromatic N) is 1. The van der Waals surface area contributed by atoms with Crippen molar-refractivity contribution >= 4 is 40.9 Å². The van der Waals surface area contributed by atoms with Gasteiger partial charge in [0.25, 0.3) is 0 Å². The molecular weight excluding hydrogens is 322 g/mol. The number of rotatable bonds is 7. The van der Waals surface area contributed by atoms with Crippen molar-refractivity contribution in [2.24, 2.45) is 0 Å². The first-order valence-corrected chi connectivity index (χ1v) is 7.54. The van der Waals surface area contributed by atoms with E-state index >= 15 is 0 Å². The van der Waals surface area contributed by atoms with Crippen LogP contribution in [0.25, 0.3) is 0 Å². The monoisotopic (exact) mass is 341 g/mol. The minimum atomic E-state index is -0.983. The minimum absolute atomic E-state index is 0.0751. The zero-order valence-corrected chi connectivity index (χ0v) is 13.8. The van der Waals surface area contributed by atoms with Gasteiger partial charge in [-0.05, 0) is 24.6 Å². The van der Waals surface area contributed by atoms with Crippen molar-refractivity contribution in [1.29, 1.82) is 0 Å². The van der Waals surface area contributed by atoms with E-state index in [0.29, 0.717) is 22.8 Å². The summed E-state index contributed by atoms with van der Waals surface area (Å²) in [6.07, 6.45) is 0.990. The number of benzene rings is 1. The second-order valence-corrected chi connectivity index (χ2v) is 5.40. The molecule has 7 nitrogen and oxygen atoms in total. The number of hydrogen-bond donors (Lipinski definition) is 3. The molecule has 23 heavy (non-hydrogen) atoms. The Morgan fingerprint density at radius 1 is 1.22 bits per heavy atom. The van der Waals surface area contributed by atoms with Crippen LogP contribution in [0.15, 0.2) is 18.2 Å². The third-order valence-corrected chi connectivity index (χ3v) is 3.31. The molecule has 0 heterocycles. The molecule has 0 spiro atoms. The second kappa shape index (κ2) is 8.99. The Bertz CT molecular complexity index is 592. The summed E-state index contributed by atoms with van der Waals surface area (Å²) < 4.78 is 0. The maximum atomic E-state index is 12.0. The van der Waals surface area contributed by atoms with Crippen molar-refractivity contribution < 1.29 is 19.5 Å². The summed E-state index contributed by atoms with van der Waals surface area (Å²) in [5.41, 5.74) is 0.865. The molecule has 1 rings (SSSR count). The van der Waals surface area contributed by atoms with Crippen LogP contribution in [0, 0.1) is 0 Å². The lowest BCUT2D eigenvalue weighted by atomic mass is 10.2. The lowest BCUT2D eigenvalue weighted by Gasteiger charge is -2.18. The normalized spacial score (nSPS) is 10.0. The van der Waals surface area contributed by atoms with Gasteiger partial charge < -0.3 is 20.6 Å². The number of carbonyl (C=O) groups excluding carboxylic acids is 2. The number of hydrogen-bond acceptors (Lipinski definition) is 3. The SMILES string of the molecule is CCCC(=O)Nc1ccc(Cl)c(NC(=O)N(C)CCC(=O)O)c1. The number of aliphatic carboxylic acids is 1. The van der Waals surface area contributed by atoms with E-state index < -0.39 is 12.0 Å². The van der Waals surface area contributed by atoms with Gasteiger partial charge in [0.15, 0.2) is 0 Å². The molecule has 0 radical (unpaired) electrons. The van der Waals surface area contributed by atoms with Gasteiger partial charge in [-0.15, -0.1) is 0 Å². The number of carboxylic acid groups (broad SMARTS) is 1. The predicted molar refractivity (Wildman–Crippen MR) is 88.9 cm³/mol. The summed E-state index contributed by atoms with van der Waals surface area (Å²) in [5.74, 6) is -1.10. The maximum Gasteiger partial charge on any atom is 0.321 e. The van der Waals surface area contributed by atoms with Gasteiger partial charge >= 0.3 is 12.0 Å². The van der Waals surface area contributed by atoms with Crippen molar-refractivity contribution in [2.75, 3.05) is 24.2 Å². The van der Waals surface area contributed by atoms with Gasteiger partial charge in [0.1, 0.15) is 0 Å². The highest BCUT2D eigenvalue weighted by atomic mass is 35.5. The summed E-state index contributed by atoms with van der Waals surface area (Å²) in [4.78, 5) is 35.3. The Hall–Kier alpha value is -2.28. The average Bonchev–Trinajstić information content (AvgIpc) is 2.48. The molecule has 3 N–H and O–H groups in total. The molecule has 8 heteroatoms. The van der Waals surface area contributed by atoms with Crippen LogP contribution in [0.4, 0.5) is 16.2 Å². The number of halogens is 1. The molecule has 0 unspecified atom stereocenters. The van der Waals surface area contributed by atoms with Crippen LogP contribution in [0.3, 0.4) is 0 Å². The molecule has 0 aliphatic carbocycles. The molecule has 0 aliphatic heterocycles. The highest BCUT2D eigenvalue weighted by Gasteiger charge is 2.13. The zero-order valence-electron chi connectivity index (χ0n) is 13.1. The summed E-state index contributed by atoms with van der Waals surface area (Å²) in [6, 6.07) is 4.28. The average molecular weight is 342 g/mol. The molecule has 3 amide bonds. The van der Waals surface area contributed by atoms with E-state index in [2.05, 4.69) is 10.6 Å². The highest BCUT2D eigenvalue weighted by Crippen LogP contribution is 2.26. The van der Waals surface area contributed by atoms with Gasteiger partial charge in [0.2, 0.25) is 5.91 Å². The molecule has 1 aromatic rings. The topological polar surface area (TPSA) is 98.7 Å².